The predicted molar refractivity (Wildman–Crippen MR) is 122 cm³/mol. The first-order valence-corrected chi connectivity index (χ1v) is 13.4. The van der Waals surface area contributed by atoms with Crippen molar-refractivity contribution in [2.75, 3.05) is 13.7 Å². The topological polar surface area (TPSA) is 49.8 Å². The Morgan fingerprint density at radius 3 is 2.39 bits per heavy atom. The van der Waals surface area contributed by atoms with Crippen LogP contribution in [0, 0.1) is 35.0 Å². The van der Waals surface area contributed by atoms with E-state index in [0.717, 1.165) is 38.6 Å². The molecule has 1 saturated heterocycles. The fourth-order valence-electron chi connectivity index (χ4n) is 9.38. The van der Waals surface area contributed by atoms with E-state index in [4.69, 9.17) is 4.74 Å². The Kier molecular flexibility index (Phi) is 5.95. The molecule has 1 amide bonds. The van der Waals surface area contributed by atoms with Crippen molar-refractivity contribution in [3.63, 3.8) is 0 Å². The molecule has 1 heterocycles. The SMILES string of the molecule is CO[C@H]1CCC2(C)C(CC[C@@H]3[C@@H]2CCC2(C)[C@H]3CCCN2C(=O)C2CCCCC2)[C@H]1O. The van der Waals surface area contributed by atoms with Crippen molar-refractivity contribution in [3.8, 4) is 0 Å². The van der Waals surface area contributed by atoms with Gasteiger partial charge in [-0.3, -0.25) is 4.79 Å². The number of methoxy groups -OCH3 is 1. The molecule has 5 rings (SSSR count). The van der Waals surface area contributed by atoms with Crippen molar-refractivity contribution < 1.29 is 14.6 Å². The second kappa shape index (κ2) is 8.31. The third kappa shape index (κ3) is 3.41. The first-order valence-electron chi connectivity index (χ1n) is 13.4. The summed E-state index contributed by atoms with van der Waals surface area (Å²) in [4.78, 5) is 16.0. The molecule has 5 aliphatic rings. The number of aliphatic hydroxyl groups is 1. The summed E-state index contributed by atoms with van der Waals surface area (Å²) in [5, 5.41) is 11.1. The highest BCUT2D eigenvalue weighted by Crippen LogP contribution is 2.63. The summed E-state index contributed by atoms with van der Waals surface area (Å²) in [5.41, 5.74) is 0.286. The monoisotopic (exact) mass is 431 g/mol. The molecule has 5 fully saturated rings. The van der Waals surface area contributed by atoms with Crippen molar-refractivity contribution in [1.29, 1.82) is 0 Å². The highest BCUT2D eigenvalue weighted by Gasteiger charge is 2.61. The Hall–Kier alpha value is -0.610. The van der Waals surface area contributed by atoms with Gasteiger partial charge in [-0.1, -0.05) is 26.2 Å². The maximum absolute atomic E-state index is 13.7. The molecule has 0 radical (unpaired) electrons. The fraction of sp³-hybridized carbons (Fsp3) is 0.963. The van der Waals surface area contributed by atoms with Gasteiger partial charge in [0, 0.05) is 25.1 Å². The van der Waals surface area contributed by atoms with E-state index < -0.39 is 0 Å². The molecular weight excluding hydrogens is 386 g/mol. The van der Waals surface area contributed by atoms with Gasteiger partial charge in [0.15, 0.2) is 0 Å². The summed E-state index contributed by atoms with van der Waals surface area (Å²) >= 11 is 0. The minimum Gasteiger partial charge on any atom is -0.390 e. The van der Waals surface area contributed by atoms with Crippen molar-refractivity contribution in [3.05, 3.63) is 0 Å². The van der Waals surface area contributed by atoms with Gasteiger partial charge in [0.2, 0.25) is 5.91 Å². The van der Waals surface area contributed by atoms with Crippen LogP contribution < -0.4 is 0 Å². The van der Waals surface area contributed by atoms with Gasteiger partial charge in [-0.15, -0.1) is 0 Å². The van der Waals surface area contributed by atoms with E-state index in [1.165, 1.54) is 51.4 Å². The maximum atomic E-state index is 13.7. The van der Waals surface area contributed by atoms with Crippen LogP contribution in [0.15, 0.2) is 0 Å². The summed E-state index contributed by atoms with van der Waals surface area (Å²) < 4.78 is 5.64. The minimum atomic E-state index is -0.311. The normalized spacial score (nSPS) is 48.5. The number of nitrogens with zero attached hydrogens (tertiary/aromatic N) is 1. The van der Waals surface area contributed by atoms with Crippen LogP contribution in [-0.4, -0.2) is 47.3 Å². The third-order valence-electron chi connectivity index (χ3n) is 11.1. The van der Waals surface area contributed by atoms with Gasteiger partial charge < -0.3 is 14.7 Å². The molecule has 4 saturated carbocycles. The zero-order valence-corrected chi connectivity index (χ0v) is 20.2. The molecule has 176 valence electrons. The summed E-state index contributed by atoms with van der Waals surface area (Å²) in [5.74, 6) is 3.20. The first kappa shape index (κ1) is 22.2. The third-order valence-corrected chi connectivity index (χ3v) is 11.1. The van der Waals surface area contributed by atoms with E-state index in [-0.39, 0.29) is 29.1 Å². The van der Waals surface area contributed by atoms with Crippen LogP contribution >= 0.6 is 0 Å². The van der Waals surface area contributed by atoms with Crippen LogP contribution in [0.1, 0.15) is 97.3 Å². The Bertz CT molecular complexity index is 675. The van der Waals surface area contributed by atoms with Gasteiger partial charge >= 0.3 is 0 Å². The zero-order chi connectivity index (χ0) is 21.8. The van der Waals surface area contributed by atoms with E-state index in [0.29, 0.717) is 29.6 Å². The lowest BCUT2D eigenvalue weighted by molar-refractivity contribution is -0.192. The summed E-state index contributed by atoms with van der Waals surface area (Å²) in [6, 6.07) is 0. The smallest absolute Gasteiger partial charge is 0.226 e. The molecule has 4 heteroatoms. The van der Waals surface area contributed by atoms with Crippen LogP contribution in [0.25, 0.3) is 0 Å². The van der Waals surface area contributed by atoms with Gasteiger partial charge in [-0.25, -0.2) is 0 Å². The van der Waals surface area contributed by atoms with Gasteiger partial charge in [-0.05, 0) is 100 Å². The number of carbonyl (C=O) groups is 1. The van der Waals surface area contributed by atoms with Crippen LogP contribution in [0.2, 0.25) is 0 Å². The number of ether oxygens (including phenoxy) is 1. The molecule has 3 unspecified atom stereocenters. The van der Waals surface area contributed by atoms with Gasteiger partial charge in [0.1, 0.15) is 0 Å². The van der Waals surface area contributed by atoms with Gasteiger partial charge in [-0.2, -0.15) is 0 Å². The fourth-order valence-corrected chi connectivity index (χ4v) is 9.38. The molecule has 0 bridgehead atoms. The quantitative estimate of drug-likeness (QED) is 0.656. The Labute approximate surface area is 189 Å². The van der Waals surface area contributed by atoms with E-state index in [9.17, 15) is 9.90 Å². The molecule has 0 aromatic heterocycles. The van der Waals surface area contributed by atoms with E-state index in [1.807, 2.05) is 0 Å². The lowest BCUT2D eigenvalue weighted by Gasteiger charge is -2.65. The number of likely N-dealkylation sites (tertiary alicyclic amines) is 1. The molecule has 4 nitrogen and oxygen atoms in total. The molecule has 0 aromatic carbocycles. The highest BCUT2D eigenvalue weighted by molar-refractivity contribution is 5.80. The predicted octanol–water partition coefficient (Wildman–Crippen LogP) is 5.18. The molecule has 31 heavy (non-hydrogen) atoms. The van der Waals surface area contributed by atoms with Gasteiger partial charge in [0.25, 0.3) is 0 Å². The van der Waals surface area contributed by atoms with Crippen molar-refractivity contribution in [2.24, 2.45) is 35.0 Å². The number of carbonyl (C=O) groups excluding carboxylic acids is 1. The molecule has 1 aliphatic heterocycles. The van der Waals surface area contributed by atoms with Crippen LogP contribution in [0.3, 0.4) is 0 Å². The number of hydrogen-bond donors (Lipinski definition) is 1. The zero-order valence-electron chi connectivity index (χ0n) is 20.2. The van der Waals surface area contributed by atoms with Crippen LogP contribution in [0.5, 0.6) is 0 Å². The summed E-state index contributed by atoms with van der Waals surface area (Å²) in [6.45, 7) is 5.91. The number of rotatable bonds is 2. The maximum Gasteiger partial charge on any atom is 0.226 e. The largest absolute Gasteiger partial charge is 0.390 e. The molecule has 8 atom stereocenters. The Morgan fingerprint density at radius 1 is 0.871 bits per heavy atom. The van der Waals surface area contributed by atoms with Crippen LogP contribution in [-0.2, 0) is 9.53 Å². The van der Waals surface area contributed by atoms with E-state index in [1.54, 1.807) is 7.11 Å². The first-order chi connectivity index (χ1) is 14.9. The summed E-state index contributed by atoms with van der Waals surface area (Å²) in [6.07, 6.45) is 15.1. The van der Waals surface area contributed by atoms with Gasteiger partial charge in [0.05, 0.1) is 12.2 Å². The molecular formula is C27H45NO3. The number of piperidine rings is 1. The van der Waals surface area contributed by atoms with E-state index >= 15 is 0 Å². The Morgan fingerprint density at radius 2 is 1.65 bits per heavy atom. The lowest BCUT2D eigenvalue weighted by Crippen LogP contribution is -2.66. The minimum absolute atomic E-state index is 0.0155. The number of hydrogen-bond acceptors (Lipinski definition) is 3. The lowest BCUT2D eigenvalue weighted by atomic mass is 9.44. The van der Waals surface area contributed by atoms with E-state index in [2.05, 4.69) is 18.7 Å². The average molecular weight is 432 g/mol. The highest BCUT2D eigenvalue weighted by atomic mass is 16.5. The Balaban J connectivity index is 1.38. The van der Waals surface area contributed by atoms with Crippen molar-refractivity contribution >= 4 is 5.91 Å². The number of fused-ring (bicyclic) bond motifs is 5. The molecule has 1 N–H and O–H groups in total. The average Bonchev–Trinajstić information content (AvgIpc) is 2.78. The van der Waals surface area contributed by atoms with Crippen molar-refractivity contribution in [2.45, 2.75) is 115 Å². The van der Waals surface area contributed by atoms with Crippen LogP contribution in [0.4, 0.5) is 0 Å². The molecule has 0 spiro atoms. The number of aliphatic hydroxyl groups excluding tert-OH is 1. The summed E-state index contributed by atoms with van der Waals surface area (Å²) in [7, 11) is 1.76. The number of amides is 1. The second-order valence-corrected chi connectivity index (χ2v) is 12.2. The standard InChI is InChI=1S/C27H45NO3/c1-26-15-14-23(31-3)24(29)22(26)12-11-19-20(26)13-16-27(2)21(19)10-7-17-28(27)25(30)18-8-5-4-6-9-18/h18-24,29H,4-17H2,1-3H3/t19-,20+,21+,22?,23+,24-,26?,27?/m1/s1. The second-order valence-electron chi connectivity index (χ2n) is 12.2. The molecule has 0 aromatic rings. The molecule has 4 aliphatic carbocycles. The van der Waals surface area contributed by atoms with Crippen molar-refractivity contribution in [1.82, 2.24) is 4.90 Å².